The van der Waals surface area contributed by atoms with Crippen molar-refractivity contribution in [1.29, 1.82) is 0 Å². The van der Waals surface area contributed by atoms with Crippen LogP contribution in [0.3, 0.4) is 0 Å². The third kappa shape index (κ3) is 4.34. The van der Waals surface area contributed by atoms with Crippen LogP contribution in [0.15, 0.2) is 48.5 Å². The van der Waals surface area contributed by atoms with Gasteiger partial charge in [0.2, 0.25) is 0 Å². The SMILES string of the molecule is CC(=O)c1ccc(OCC(=O)OCC(=O)N2c3ccccc3C[C@@H]2C)cc1. The first-order chi connectivity index (χ1) is 13.0. The van der Waals surface area contributed by atoms with E-state index in [1.165, 1.54) is 6.92 Å². The molecule has 2 aromatic carbocycles. The Morgan fingerprint density at radius 2 is 1.74 bits per heavy atom. The zero-order valence-electron chi connectivity index (χ0n) is 15.3. The molecule has 0 saturated heterocycles. The largest absolute Gasteiger partial charge is 0.482 e. The molecule has 2 aromatic rings. The number of benzene rings is 2. The fourth-order valence-corrected chi connectivity index (χ4v) is 3.13. The third-order valence-corrected chi connectivity index (χ3v) is 4.45. The number of carbonyl (C=O) groups excluding carboxylic acids is 3. The Bertz CT molecular complexity index is 859. The molecule has 0 N–H and O–H groups in total. The minimum absolute atomic E-state index is 0.0321. The van der Waals surface area contributed by atoms with Crippen LogP contribution in [0.5, 0.6) is 5.75 Å². The molecule has 1 aliphatic heterocycles. The standard InChI is InChI=1S/C21H21NO5/c1-14-11-17-5-3-4-6-19(17)22(14)20(24)12-27-21(25)13-26-18-9-7-16(8-10-18)15(2)23/h3-10,14H,11-13H2,1-2H3/t14-/m0/s1. The van der Waals surface area contributed by atoms with Crippen molar-refractivity contribution in [3.8, 4) is 5.75 Å². The maximum atomic E-state index is 12.5. The quantitative estimate of drug-likeness (QED) is 0.580. The summed E-state index contributed by atoms with van der Waals surface area (Å²) >= 11 is 0. The van der Waals surface area contributed by atoms with Gasteiger partial charge < -0.3 is 14.4 Å². The molecular formula is C21H21NO5. The Morgan fingerprint density at radius 1 is 1.04 bits per heavy atom. The smallest absolute Gasteiger partial charge is 0.344 e. The lowest BCUT2D eigenvalue weighted by atomic mass is 10.1. The topological polar surface area (TPSA) is 72.9 Å². The average molecular weight is 367 g/mol. The van der Waals surface area contributed by atoms with Crippen LogP contribution < -0.4 is 9.64 Å². The summed E-state index contributed by atoms with van der Waals surface area (Å²) in [4.78, 5) is 37.2. The molecule has 0 aromatic heterocycles. The normalized spacial score (nSPS) is 15.2. The van der Waals surface area contributed by atoms with Crippen molar-refractivity contribution >= 4 is 23.3 Å². The van der Waals surface area contributed by atoms with Gasteiger partial charge in [0.1, 0.15) is 5.75 Å². The Hall–Kier alpha value is -3.15. The van der Waals surface area contributed by atoms with E-state index in [-0.39, 0.29) is 30.9 Å². The number of fused-ring (bicyclic) bond motifs is 1. The highest BCUT2D eigenvalue weighted by Crippen LogP contribution is 2.31. The number of para-hydroxylation sites is 1. The predicted octanol–water partition coefficient (Wildman–Crippen LogP) is 2.79. The number of nitrogens with zero attached hydrogens (tertiary/aromatic N) is 1. The van der Waals surface area contributed by atoms with Crippen molar-refractivity contribution in [2.45, 2.75) is 26.3 Å². The molecule has 140 valence electrons. The van der Waals surface area contributed by atoms with Gasteiger partial charge in [0.05, 0.1) is 0 Å². The van der Waals surface area contributed by atoms with Gasteiger partial charge in [0, 0.05) is 17.3 Å². The summed E-state index contributed by atoms with van der Waals surface area (Å²) in [6, 6.07) is 14.2. The minimum Gasteiger partial charge on any atom is -0.482 e. The lowest BCUT2D eigenvalue weighted by Crippen LogP contribution is -2.39. The zero-order valence-corrected chi connectivity index (χ0v) is 15.3. The van der Waals surface area contributed by atoms with Crippen molar-refractivity contribution < 1.29 is 23.9 Å². The van der Waals surface area contributed by atoms with Gasteiger partial charge in [-0.25, -0.2) is 4.79 Å². The number of ether oxygens (including phenoxy) is 2. The summed E-state index contributed by atoms with van der Waals surface area (Å²) in [5.41, 5.74) is 2.55. The van der Waals surface area contributed by atoms with Gasteiger partial charge in [-0.05, 0) is 56.2 Å². The van der Waals surface area contributed by atoms with Crippen molar-refractivity contribution in [3.05, 3.63) is 59.7 Å². The van der Waals surface area contributed by atoms with E-state index in [9.17, 15) is 14.4 Å². The van der Waals surface area contributed by atoms with Gasteiger partial charge in [-0.3, -0.25) is 9.59 Å². The molecule has 3 rings (SSSR count). The third-order valence-electron chi connectivity index (χ3n) is 4.45. The molecule has 1 amide bonds. The van der Waals surface area contributed by atoms with E-state index in [1.54, 1.807) is 29.2 Å². The van der Waals surface area contributed by atoms with E-state index in [4.69, 9.17) is 9.47 Å². The molecule has 0 spiro atoms. The molecule has 6 heteroatoms. The summed E-state index contributed by atoms with van der Waals surface area (Å²) in [6.07, 6.45) is 0.787. The van der Waals surface area contributed by atoms with Crippen LogP contribution >= 0.6 is 0 Å². The fourth-order valence-electron chi connectivity index (χ4n) is 3.13. The average Bonchev–Trinajstić information content (AvgIpc) is 3.00. The van der Waals surface area contributed by atoms with Crippen molar-refractivity contribution in [2.24, 2.45) is 0 Å². The number of esters is 1. The van der Waals surface area contributed by atoms with E-state index < -0.39 is 5.97 Å². The predicted molar refractivity (Wildman–Crippen MR) is 100.0 cm³/mol. The number of hydrogen-bond acceptors (Lipinski definition) is 5. The zero-order chi connectivity index (χ0) is 19.4. The van der Waals surface area contributed by atoms with Crippen LogP contribution in [0.2, 0.25) is 0 Å². The van der Waals surface area contributed by atoms with Gasteiger partial charge in [-0.2, -0.15) is 0 Å². The molecule has 0 fully saturated rings. The van der Waals surface area contributed by atoms with E-state index in [0.717, 1.165) is 17.7 Å². The first-order valence-electron chi connectivity index (χ1n) is 8.75. The lowest BCUT2D eigenvalue weighted by Gasteiger charge is -2.22. The lowest BCUT2D eigenvalue weighted by molar-refractivity contribution is -0.149. The maximum absolute atomic E-state index is 12.5. The molecule has 0 saturated carbocycles. The van der Waals surface area contributed by atoms with E-state index in [1.807, 2.05) is 31.2 Å². The number of anilines is 1. The molecule has 0 bridgehead atoms. The second kappa shape index (κ2) is 8.03. The first kappa shape index (κ1) is 18.6. The van der Waals surface area contributed by atoms with Crippen molar-refractivity contribution in [3.63, 3.8) is 0 Å². The Balaban J connectivity index is 1.49. The number of Topliss-reactive ketones (excluding diaryl/α,β-unsaturated/α-hetero) is 1. The molecule has 27 heavy (non-hydrogen) atoms. The highest BCUT2D eigenvalue weighted by atomic mass is 16.6. The highest BCUT2D eigenvalue weighted by Gasteiger charge is 2.30. The number of amides is 1. The van der Waals surface area contributed by atoms with E-state index in [2.05, 4.69) is 0 Å². The van der Waals surface area contributed by atoms with E-state index >= 15 is 0 Å². The number of carbonyl (C=O) groups is 3. The van der Waals surface area contributed by atoms with Crippen molar-refractivity contribution in [1.82, 2.24) is 0 Å². The summed E-state index contributed by atoms with van der Waals surface area (Å²) < 4.78 is 10.4. The summed E-state index contributed by atoms with van der Waals surface area (Å²) in [5.74, 6) is -0.478. The van der Waals surface area contributed by atoms with Gasteiger partial charge in [-0.1, -0.05) is 18.2 Å². The molecule has 0 unspecified atom stereocenters. The Labute approximate surface area is 157 Å². The number of rotatable bonds is 6. The van der Waals surface area contributed by atoms with Gasteiger partial charge in [0.25, 0.3) is 5.91 Å². The first-order valence-corrected chi connectivity index (χ1v) is 8.75. The van der Waals surface area contributed by atoms with Gasteiger partial charge in [0.15, 0.2) is 19.0 Å². The van der Waals surface area contributed by atoms with Crippen LogP contribution in [-0.4, -0.2) is 36.9 Å². The second-order valence-electron chi connectivity index (χ2n) is 6.48. The Morgan fingerprint density at radius 3 is 2.44 bits per heavy atom. The fraction of sp³-hybridized carbons (Fsp3) is 0.286. The molecular weight excluding hydrogens is 346 g/mol. The summed E-state index contributed by atoms with van der Waals surface area (Å²) in [6.45, 7) is 2.81. The maximum Gasteiger partial charge on any atom is 0.344 e. The van der Waals surface area contributed by atoms with Crippen LogP contribution in [0, 0.1) is 0 Å². The summed E-state index contributed by atoms with van der Waals surface area (Å²) in [7, 11) is 0. The number of hydrogen-bond donors (Lipinski definition) is 0. The second-order valence-corrected chi connectivity index (χ2v) is 6.48. The van der Waals surface area contributed by atoms with Crippen LogP contribution in [0.1, 0.15) is 29.8 Å². The van der Waals surface area contributed by atoms with Gasteiger partial charge in [-0.15, -0.1) is 0 Å². The van der Waals surface area contributed by atoms with Crippen LogP contribution in [0.25, 0.3) is 0 Å². The molecule has 1 aliphatic rings. The molecule has 6 nitrogen and oxygen atoms in total. The summed E-state index contributed by atoms with van der Waals surface area (Å²) in [5, 5.41) is 0. The molecule has 1 heterocycles. The van der Waals surface area contributed by atoms with Crippen molar-refractivity contribution in [2.75, 3.05) is 18.1 Å². The minimum atomic E-state index is -0.626. The van der Waals surface area contributed by atoms with Gasteiger partial charge >= 0.3 is 5.97 Å². The molecule has 0 aliphatic carbocycles. The molecule has 1 atom stereocenters. The number of ketones is 1. The Kier molecular flexibility index (Phi) is 5.54. The van der Waals surface area contributed by atoms with Crippen LogP contribution in [-0.2, 0) is 20.7 Å². The molecule has 0 radical (unpaired) electrons. The monoisotopic (exact) mass is 367 g/mol. The van der Waals surface area contributed by atoms with Crippen LogP contribution in [0.4, 0.5) is 5.69 Å². The van der Waals surface area contributed by atoms with E-state index in [0.29, 0.717) is 11.3 Å². The highest BCUT2D eigenvalue weighted by molar-refractivity contribution is 5.97.